The van der Waals surface area contributed by atoms with Crippen LogP contribution in [0.2, 0.25) is 0 Å². The van der Waals surface area contributed by atoms with Crippen LogP contribution < -0.4 is 62.2 Å². The van der Waals surface area contributed by atoms with Crippen molar-refractivity contribution in [2.75, 3.05) is 19.0 Å². The maximum Gasteiger partial charge on any atom is 1.00 e. The van der Waals surface area contributed by atoms with E-state index in [2.05, 4.69) is 10.1 Å². The largest absolute Gasteiger partial charge is 1.00 e. The van der Waals surface area contributed by atoms with Gasteiger partial charge in [0.05, 0.1) is 12.7 Å². The first-order valence-electron chi connectivity index (χ1n) is 9.83. The summed E-state index contributed by atoms with van der Waals surface area (Å²) in [4.78, 5) is 24.1. The summed E-state index contributed by atoms with van der Waals surface area (Å²) >= 11 is 0. The normalized spacial score (nSPS) is 12.2. The van der Waals surface area contributed by atoms with E-state index in [1.807, 2.05) is 48.5 Å². The molecule has 1 amide bonds. The van der Waals surface area contributed by atoms with Crippen LogP contribution in [-0.4, -0.2) is 32.8 Å². The number of methoxy groups -OCH3 is 1. The molecule has 164 valence electrons. The van der Waals surface area contributed by atoms with E-state index in [9.17, 15) is 22.5 Å². The van der Waals surface area contributed by atoms with Gasteiger partial charge in [-0.1, -0.05) is 60.7 Å². The fourth-order valence-corrected chi connectivity index (χ4v) is 3.90. The average molecular weight is 479 g/mol. The van der Waals surface area contributed by atoms with Crippen molar-refractivity contribution in [3.8, 4) is 11.1 Å². The quantitative estimate of drug-likeness (QED) is 0.449. The van der Waals surface area contributed by atoms with Gasteiger partial charge in [-0.05, 0) is 28.3 Å². The zero-order valence-corrected chi connectivity index (χ0v) is 21.1. The Morgan fingerprint density at radius 2 is 1.52 bits per heavy atom. The van der Waals surface area contributed by atoms with Crippen molar-refractivity contribution in [2.45, 2.75) is 5.92 Å². The molecule has 0 atom stereocenters. The summed E-state index contributed by atoms with van der Waals surface area (Å²) < 4.78 is 49.6. The second kappa shape index (κ2) is 10.4. The van der Waals surface area contributed by atoms with E-state index >= 15 is 0 Å². The molecule has 0 saturated carbocycles. The molecule has 3 aromatic carbocycles. The van der Waals surface area contributed by atoms with Gasteiger partial charge in [-0.15, -0.1) is 5.46 Å². The molecule has 0 unspecified atom stereocenters. The molecule has 0 radical (unpaired) electrons. The molecule has 0 saturated heterocycles. The van der Waals surface area contributed by atoms with Crippen LogP contribution in [-0.2, 0) is 9.47 Å². The fraction of sp³-hybridized carbons (Fsp3) is 0.130. The van der Waals surface area contributed by atoms with E-state index < -0.39 is 24.5 Å². The van der Waals surface area contributed by atoms with Gasteiger partial charge in [0, 0.05) is 11.6 Å². The molecule has 0 aromatic heterocycles. The van der Waals surface area contributed by atoms with Crippen LogP contribution in [0, 0.1) is 0 Å². The molecule has 10 heteroatoms. The second-order valence-electron chi connectivity index (χ2n) is 7.36. The average Bonchev–Trinajstić information content (AvgIpc) is 3.10. The minimum Gasteiger partial charge on any atom is -0.465 e. The van der Waals surface area contributed by atoms with Gasteiger partial charge >= 0.3 is 70.4 Å². The van der Waals surface area contributed by atoms with E-state index in [-0.39, 0.29) is 75.2 Å². The van der Waals surface area contributed by atoms with Crippen molar-refractivity contribution in [3.05, 3.63) is 83.4 Å². The number of hydrogen-bond acceptors (Lipinski definition) is 4. The molecule has 0 bridgehead atoms. The smallest absolute Gasteiger partial charge is 0.465 e. The number of halogens is 3. The van der Waals surface area contributed by atoms with Crippen LogP contribution in [0.5, 0.6) is 0 Å². The molecular weight excluding hydrogens is 461 g/mol. The summed E-state index contributed by atoms with van der Waals surface area (Å²) in [6.07, 6.45) is -0.922. The van der Waals surface area contributed by atoms with E-state index in [4.69, 9.17) is 4.74 Å². The number of nitrogens with one attached hydrogen (secondary N) is 1. The Hall–Kier alpha value is -2.11. The van der Waals surface area contributed by atoms with Crippen molar-refractivity contribution in [3.63, 3.8) is 0 Å². The fourth-order valence-electron chi connectivity index (χ4n) is 3.90. The third kappa shape index (κ3) is 5.52. The first kappa shape index (κ1) is 25.5. The van der Waals surface area contributed by atoms with Gasteiger partial charge in [0.1, 0.15) is 6.61 Å². The van der Waals surface area contributed by atoms with Crippen molar-refractivity contribution in [1.82, 2.24) is 0 Å². The van der Waals surface area contributed by atoms with Crippen molar-refractivity contribution < 1.29 is 83.4 Å². The minimum absolute atomic E-state index is 0. The van der Waals surface area contributed by atoms with E-state index in [1.165, 1.54) is 0 Å². The molecule has 0 aliphatic heterocycles. The summed E-state index contributed by atoms with van der Waals surface area (Å²) in [5.41, 5.74) is 2.58. The summed E-state index contributed by atoms with van der Waals surface area (Å²) in [5, 5.41) is 2.29. The zero-order valence-electron chi connectivity index (χ0n) is 18.0. The van der Waals surface area contributed by atoms with Crippen LogP contribution >= 0.6 is 0 Å². The van der Waals surface area contributed by atoms with Gasteiger partial charge in [0.25, 0.3) is 0 Å². The Kier molecular flexibility index (Phi) is 8.07. The number of carbonyl (C=O) groups excluding carboxylic acids is 2. The maximum atomic E-state index is 13.3. The third-order valence-electron chi connectivity index (χ3n) is 5.34. The monoisotopic (exact) mass is 479 g/mol. The topological polar surface area (TPSA) is 64.6 Å². The number of esters is 1. The molecular formula is C23H18BF3KNO4. The number of ether oxygens (including phenoxy) is 2. The Morgan fingerprint density at radius 1 is 0.939 bits per heavy atom. The van der Waals surface area contributed by atoms with Gasteiger partial charge < -0.3 is 22.4 Å². The predicted molar refractivity (Wildman–Crippen MR) is 115 cm³/mol. The van der Waals surface area contributed by atoms with Crippen molar-refractivity contribution in [2.24, 2.45) is 0 Å². The van der Waals surface area contributed by atoms with E-state index in [0.717, 1.165) is 41.5 Å². The molecule has 0 heterocycles. The molecule has 0 fully saturated rings. The second-order valence-corrected chi connectivity index (χ2v) is 7.36. The Bertz CT molecular complexity index is 1160. The van der Waals surface area contributed by atoms with Crippen LogP contribution in [0.3, 0.4) is 0 Å². The zero-order chi connectivity index (χ0) is 22.9. The molecule has 1 N–H and O–H groups in total. The molecule has 1 aliphatic carbocycles. The first-order valence-corrected chi connectivity index (χ1v) is 9.83. The SMILES string of the molecule is COC(=O)c1cc(NC(=O)OCC2c3ccccc3-c3ccccc32)cc([B-](F)(F)F)c1.[K+]. The van der Waals surface area contributed by atoms with Gasteiger partial charge in [0.2, 0.25) is 0 Å². The molecule has 1 aliphatic rings. The van der Waals surface area contributed by atoms with E-state index in [1.54, 1.807) is 0 Å². The number of rotatable bonds is 5. The van der Waals surface area contributed by atoms with Crippen LogP contribution in [0.1, 0.15) is 27.4 Å². The minimum atomic E-state index is -5.39. The van der Waals surface area contributed by atoms with Gasteiger partial charge in [-0.2, -0.15) is 0 Å². The third-order valence-corrected chi connectivity index (χ3v) is 5.34. The molecule has 4 rings (SSSR count). The standard InChI is InChI=1S/C23H18BF3NO4.K/c1-31-22(29)14-10-15(24(25,26)27)12-16(11-14)28-23(30)32-13-21-19-8-4-2-6-17(19)18-7-3-5-9-20(18)21;/h2-12,21H,13H2,1H3,(H,28,30);/q-1;+1. The number of benzene rings is 3. The van der Waals surface area contributed by atoms with Crippen LogP contribution in [0.4, 0.5) is 23.4 Å². The van der Waals surface area contributed by atoms with E-state index in [0.29, 0.717) is 6.07 Å². The number of hydrogen-bond donors (Lipinski definition) is 1. The number of carbonyl (C=O) groups is 2. The molecule has 5 nitrogen and oxygen atoms in total. The molecule has 33 heavy (non-hydrogen) atoms. The van der Waals surface area contributed by atoms with Crippen molar-refractivity contribution in [1.29, 1.82) is 0 Å². The summed E-state index contributed by atoms with van der Waals surface area (Å²) in [6, 6.07) is 18.1. The molecule has 3 aromatic rings. The Labute approximate surface area is 231 Å². The number of amides is 1. The Balaban J connectivity index is 0.00000306. The number of fused-ring (bicyclic) bond motifs is 3. The van der Waals surface area contributed by atoms with Crippen LogP contribution in [0.25, 0.3) is 11.1 Å². The Morgan fingerprint density at radius 3 is 2.06 bits per heavy atom. The first-order chi connectivity index (χ1) is 15.3. The van der Waals surface area contributed by atoms with Crippen molar-refractivity contribution >= 4 is 30.2 Å². The van der Waals surface area contributed by atoms with Gasteiger partial charge in [0.15, 0.2) is 0 Å². The maximum absolute atomic E-state index is 13.3. The summed E-state index contributed by atoms with van der Waals surface area (Å²) in [6.45, 7) is -5.38. The van der Waals surface area contributed by atoms with Gasteiger partial charge in [-0.3, -0.25) is 5.32 Å². The van der Waals surface area contributed by atoms with Crippen LogP contribution in [0.15, 0.2) is 66.7 Å². The molecule has 0 spiro atoms. The summed E-state index contributed by atoms with van der Waals surface area (Å²) in [7, 11) is 1.06. The summed E-state index contributed by atoms with van der Waals surface area (Å²) in [5.74, 6) is -1.13. The number of anilines is 1. The predicted octanol–water partition coefficient (Wildman–Crippen LogP) is 1.89. The van der Waals surface area contributed by atoms with Gasteiger partial charge in [-0.25, -0.2) is 9.59 Å².